The van der Waals surface area contributed by atoms with E-state index < -0.39 is 10.0 Å². The molecular weight excluding hydrogens is 408 g/mol. The predicted octanol–water partition coefficient (Wildman–Crippen LogP) is 3.37. The van der Waals surface area contributed by atoms with Crippen LogP contribution in [0.1, 0.15) is 50.3 Å². The van der Waals surface area contributed by atoms with E-state index >= 15 is 0 Å². The second kappa shape index (κ2) is 7.42. The van der Waals surface area contributed by atoms with Crippen LogP contribution in [0.2, 0.25) is 0 Å². The molecule has 3 aliphatic rings. The minimum atomic E-state index is -3.63. The maximum atomic E-state index is 14.1. The fraction of sp³-hybridized carbons (Fsp3) is 0.625. The number of likely N-dealkylation sites (N-methyl/N-ethyl adjacent to an activating group) is 1. The second-order valence-electron chi connectivity index (χ2n) is 10.1. The van der Waals surface area contributed by atoms with Crippen molar-refractivity contribution in [1.29, 1.82) is 0 Å². The lowest BCUT2D eigenvalue weighted by atomic mass is 9.69. The Morgan fingerprint density at radius 1 is 1.10 bits per heavy atom. The Bertz CT molecular complexity index is 1070. The molecule has 6 nitrogen and oxygen atoms in total. The molecule has 2 aliphatic heterocycles. The second-order valence-corrected chi connectivity index (χ2v) is 11.9. The summed E-state index contributed by atoms with van der Waals surface area (Å²) in [5.74, 6) is 0. The monoisotopic (exact) mass is 442 g/mol. The predicted molar refractivity (Wildman–Crippen MR) is 121 cm³/mol. The molecule has 3 fully saturated rings. The van der Waals surface area contributed by atoms with Gasteiger partial charge >= 0.3 is 0 Å². The zero-order valence-corrected chi connectivity index (χ0v) is 19.8. The van der Waals surface area contributed by atoms with Crippen molar-refractivity contribution >= 4 is 10.0 Å². The molecule has 0 unspecified atom stereocenters. The molecule has 2 aromatic rings. The first-order valence-corrected chi connectivity index (χ1v) is 13.0. The Morgan fingerprint density at radius 2 is 1.77 bits per heavy atom. The molecule has 1 aliphatic carbocycles. The van der Waals surface area contributed by atoms with E-state index in [1.54, 1.807) is 24.9 Å². The normalized spacial score (nSPS) is 34.1. The van der Waals surface area contributed by atoms with E-state index in [4.69, 9.17) is 0 Å². The molecule has 0 spiro atoms. The Hall–Kier alpha value is -1.70. The summed E-state index contributed by atoms with van der Waals surface area (Å²) in [6, 6.07) is 11.2. The molecule has 0 radical (unpaired) electrons. The molecule has 7 heteroatoms. The van der Waals surface area contributed by atoms with Gasteiger partial charge in [-0.2, -0.15) is 9.40 Å². The van der Waals surface area contributed by atoms with Crippen LogP contribution in [0.4, 0.5) is 0 Å². The van der Waals surface area contributed by atoms with Gasteiger partial charge in [-0.25, -0.2) is 8.42 Å². The van der Waals surface area contributed by atoms with Crippen LogP contribution < -0.4 is 0 Å². The highest BCUT2D eigenvalue weighted by atomic mass is 32.2. The zero-order valence-electron chi connectivity index (χ0n) is 19.0. The third-order valence-corrected chi connectivity index (χ3v) is 10.3. The smallest absolute Gasteiger partial charge is 0.247 e. The molecule has 3 heterocycles. The summed E-state index contributed by atoms with van der Waals surface area (Å²) in [4.78, 5) is 2.90. The van der Waals surface area contributed by atoms with Crippen LogP contribution in [0.3, 0.4) is 0 Å². The van der Waals surface area contributed by atoms with Crippen molar-refractivity contribution in [3.05, 3.63) is 47.8 Å². The lowest BCUT2D eigenvalue weighted by molar-refractivity contribution is 0.0168. The van der Waals surface area contributed by atoms with Gasteiger partial charge in [0.05, 0.1) is 5.69 Å². The van der Waals surface area contributed by atoms with Crippen LogP contribution in [0.5, 0.6) is 0 Å². The highest BCUT2D eigenvalue weighted by Gasteiger charge is 2.64. The highest BCUT2D eigenvalue weighted by molar-refractivity contribution is 7.89. The van der Waals surface area contributed by atoms with E-state index in [9.17, 15) is 8.42 Å². The first-order valence-electron chi connectivity index (χ1n) is 11.5. The molecule has 0 amide bonds. The summed E-state index contributed by atoms with van der Waals surface area (Å²) in [6.45, 7) is 4.15. The zero-order chi connectivity index (χ0) is 22.0. The third kappa shape index (κ3) is 3.19. The van der Waals surface area contributed by atoms with Gasteiger partial charge in [0, 0.05) is 42.8 Å². The van der Waals surface area contributed by atoms with Gasteiger partial charge in [0.1, 0.15) is 4.90 Å². The average Bonchev–Trinajstić information content (AvgIpc) is 3.15. The van der Waals surface area contributed by atoms with Crippen molar-refractivity contribution in [2.75, 3.05) is 7.05 Å². The quantitative estimate of drug-likeness (QED) is 0.729. The summed E-state index contributed by atoms with van der Waals surface area (Å²) in [6.07, 6.45) is 7.87. The van der Waals surface area contributed by atoms with E-state index in [0.29, 0.717) is 16.6 Å². The Labute approximate surface area is 186 Å². The van der Waals surface area contributed by atoms with Gasteiger partial charge in [-0.3, -0.25) is 9.58 Å². The highest BCUT2D eigenvalue weighted by Crippen LogP contribution is 2.56. The number of likely N-dealkylation sites (tertiary alicyclic amines) is 1. The van der Waals surface area contributed by atoms with Crippen LogP contribution in [0.15, 0.2) is 41.4 Å². The summed E-state index contributed by atoms with van der Waals surface area (Å²) < 4.78 is 31.8. The first-order chi connectivity index (χ1) is 14.7. The Balaban J connectivity index is 1.62. The lowest BCUT2D eigenvalue weighted by Gasteiger charge is -2.49. The van der Waals surface area contributed by atoms with E-state index in [2.05, 4.69) is 48.2 Å². The van der Waals surface area contributed by atoms with Crippen molar-refractivity contribution in [3.8, 4) is 0 Å². The van der Waals surface area contributed by atoms with Gasteiger partial charge in [-0.15, -0.1) is 0 Å². The minimum Gasteiger partial charge on any atom is -0.298 e. The van der Waals surface area contributed by atoms with Crippen LogP contribution >= 0.6 is 0 Å². The van der Waals surface area contributed by atoms with Crippen LogP contribution in [0.25, 0.3) is 0 Å². The number of benzene rings is 1. The number of aryl methyl sites for hydroxylation is 2. The molecule has 31 heavy (non-hydrogen) atoms. The molecule has 2 saturated heterocycles. The molecule has 168 valence electrons. The molecule has 5 rings (SSSR count). The number of hydrogen-bond donors (Lipinski definition) is 0. The van der Waals surface area contributed by atoms with E-state index in [-0.39, 0.29) is 23.5 Å². The maximum absolute atomic E-state index is 14.1. The van der Waals surface area contributed by atoms with Gasteiger partial charge in [0.15, 0.2) is 0 Å². The summed E-state index contributed by atoms with van der Waals surface area (Å²) in [5.41, 5.74) is 1.86. The first kappa shape index (κ1) is 21.2. The van der Waals surface area contributed by atoms with Crippen LogP contribution in [0, 0.1) is 12.3 Å². The molecule has 2 bridgehead atoms. The maximum Gasteiger partial charge on any atom is 0.247 e. The summed E-state index contributed by atoms with van der Waals surface area (Å²) >= 11 is 0. The fourth-order valence-electron chi connectivity index (χ4n) is 6.92. The molecular formula is C24H34N4O2S. The third-order valence-electron chi connectivity index (χ3n) is 8.28. The van der Waals surface area contributed by atoms with Crippen molar-refractivity contribution in [1.82, 2.24) is 19.0 Å². The van der Waals surface area contributed by atoms with E-state index in [1.807, 2.05) is 10.4 Å². The number of hydrogen-bond acceptors (Lipinski definition) is 4. The molecule has 1 saturated carbocycles. The van der Waals surface area contributed by atoms with Gasteiger partial charge in [-0.1, -0.05) is 50.1 Å². The average molecular weight is 443 g/mol. The van der Waals surface area contributed by atoms with Crippen LogP contribution in [-0.2, 0) is 23.5 Å². The number of fused-ring (bicyclic) bond motifs is 1. The fourth-order valence-corrected chi connectivity index (χ4v) is 9.10. The number of nitrogens with zero attached hydrogens (tertiary/aromatic N) is 4. The number of piperidine rings is 1. The molecule has 5 atom stereocenters. The molecule has 1 aromatic heterocycles. The number of rotatable bonds is 4. The molecule has 0 N–H and O–H groups in total. The van der Waals surface area contributed by atoms with Crippen molar-refractivity contribution in [3.63, 3.8) is 0 Å². The van der Waals surface area contributed by atoms with E-state index in [0.717, 1.165) is 32.1 Å². The van der Waals surface area contributed by atoms with Crippen LogP contribution in [-0.4, -0.2) is 58.6 Å². The number of sulfonamides is 1. The summed E-state index contributed by atoms with van der Waals surface area (Å²) in [5, 5.41) is 4.35. The van der Waals surface area contributed by atoms with Crippen molar-refractivity contribution < 1.29 is 8.42 Å². The Morgan fingerprint density at radius 3 is 2.42 bits per heavy atom. The van der Waals surface area contributed by atoms with Gasteiger partial charge < -0.3 is 0 Å². The largest absolute Gasteiger partial charge is 0.298 e. The minimum absolute atomic E-state index is 0.00765. The SMILES string of the molecule is Cc1nn(C)cc1S(=O)(=O)N1[C@H]2CCCC[C@H]3N(C)[C@@H](Cc4ccccc4)[C@@H]1C[C@@]23C. The number of aromatic nitrogens is 2. The van der Waals surface area contributed by atoms with Crippen molar-refractivity contribution in [2.24, 2.45) is 12.5 Å². The van der Waals surface area contributed by atoms with Gasteiger partial charge in [0.25, 0.3) is 0 Å². The molecule has 1 aromatic carbocycles. The summed E-state index contributed by atoms with van der Waals surface area (Å²) in [7, 11) is 0.394. The van der Waals surface area contributed by atoms with Gasteiger partial charge in [0.2, 0.25) is 10.0 Å². The van der Waals surface area contributed by atoms with Gasteiger partial charge in [-0.05, 0) is 45.2 Å². The topological polar surface area (TPSA) is 58.4 Å². The lowest BCUT2D eigenvalue weighted by Crippen LogP contribution is -2.58. The Kier molecular flexibility index (Phi) is 5.07. The standard InChI is InChI=1S/C24H34N4O2S/c1-17-21(16-26(3)25-17)31(29,30)28-20-15-24(2)22(12-8-9-13-23(24)28)27(4)19(20)14-18-10-6-5-7-11-18/h5-7,10-11,16,19-20,22-23H,8-9,12-15H2,1-4H3/t19-,20-,22+,23-,24+/m0/s1. The van der Waals surface area contributed by atoms with E-state index in [1.165, 1.54) is 12.0 Å². The van der Waals surface area contributed by atoms with Crippen molar-refractivity contribution in [2.45, 2.75) is 81.4 Å².